The summed E-state index contributed by atoms with van der Waals surface area (Å²) in [4.78, 5) is 10.9. The Labute approximate surface area is 98.1 Å². The van der Waals surface area contributed by atoms with Crippen LogP contribution in [-0.4, -0.2) is 41.5 Å². The van der Waals surface area contributed by atoms with Gasteiger partial charge in [-0.25, -0.2) is 9.97 Å². The van der Waals surface area contributed by atoms with E-state index in [1.165, 1.54) is 0 Å². The van der Waals surface area contributed by atoms with Crippen molar-refractivity contribution in [3.63, 3.8) is 0 Å². The molecule has 1 rings (SSSR count). The third-order valence-electron chi connectivity index (χ3n) is 2.71. The van der Waals surface area contributed by atoms with E-state index in [4.69, 9.17) is 0 Å². The van der Waals surface area contributed by atoms with E-state index in [-0.39, 0.29) is 0 Å². The zero-order valence-electron chi connectivity index (χ0n) is 10.9. The molecule has 1 heterocycles. The standard InChI is InChI=1S/C12H22N4/c1-6-11-7-12(15-10(3)14-11)13-8-9(2)16(4)5/h7,9H,6,8H2,1-5H3,(H,13,14,15). The van der Waals surface area contributed by atoms with Gasteiger partial charge in [0.25, 0.3) is 0 Å². The monoisotopic (exact) mass is 222 g/mol. The fraction of sp³-hybridized carbons (Fsp3) is 0.667. The van der Waals surface area contributed by atoms with E-state index in [2.05, 4.69) is 48.1 Å². The molecule has 0 fully saturated rings. The number of anilines is 1. The number of nitrogens with zero attached hydrogens (tertiary/aromatic N) is 3. The van der Waals surface area contributed by atoms with Gasteiger partial charge in [0.2, 0.25) is 0 Å². The first-order chi connectivity index (χ1) is 7.52. The van der Waals surface area contributed by atoms with Crippen LogP contribution in [0.2, 0.25) is 0 Å². The molecule has 0 spiro atoms. The SMILES string of the molecule is CCc1cc(NCC(C)N(C)C)nc(C)n1. The molecule has 0 amide bonds. The lowest BCUT2D eigenvalue weighted by atomic mass is 10.3. The average molecular weight is 222 g/mol. The fourth-order valence-corrected chi connectivity index (χ4v) is 1.34. The minimum Gasteiger partial charge on any atom is -0.368 e. The van der Waals surface area contributed by atoms with Crippen LogP contribution in [0, 0.1) is 6.92 Å². The van der Waals surface area contributed by atoms with Gasteiger partial charge in [-0.15, -0.1) is 0 Å². The first-order valence-electron chi connectivity index (χ1n) is 5.77. The molecule has 1 unspecified atom stereocenters. The highest BCUT2D eigenvalue weighted by Crippen LogP contribution is 2.07. The van der Waals surface area contributed by atoms with E-state index < -0.39 is 0 Å². The van der Waals surface area contributed by atoms with Gasteiger partial charge in [0, 0.05) is 24.3 Å². The van der Waals surface area contributed by atoms with Crippen LogP contribution in [0.4, 0.5) is 5.82 Å². The van der Waals surface area contributed by atoms with Gasteiger partial charge in [-0.3, -0.25) is 0 Å². The van der Waals surface area contributed by atoms with E-state index in [1.807, 2.05) is 13.0 Å². The lowest BCUT2D eigenvalue weighted by Crippen LogP contribution is -2.31. The maximum atomic E-state index is 4.37. The molecule has 1 atom stereocenters. The molecule has 0 saturated heterocycles. The first kappa shape index (κ1) is 12.9. The number of aryl methyl sites for hydroxylation is 2. The van der Waals surface area contributed by atoms with E-state index in [1.54, 1.807) is 0 Å². The summed E-state index contributed by atoms with van der Waals surface area (Å²) in [6, 6.07) is 2.51. The second-order valence-electron chi connectivity index (χ2n) is 4.34. The van der Waals surface area contributed by atoms with Crippen LogP contribution in [-0.2, 0) is 6.42 Å². The summed E-state index contributed by atoms with van der Waals surface area (Å²) < 4.78 is 0. The molecule has 1 aromatic heterocycles. The molecule has 1 aromatic rings. The summed E-state index contributed by atoms with van der Waals surface area (Å²) in [5.41, 5.74) is 1.09. The maximum absolute atomic E-state index is 4.37. The number of nitrogens with one attached hydrogen (secondary N) is 1. The Hall–Kier alpha value is -1.16. The second kappa shape index (κ2) is 5.80. The topological polar surface area (TPSA) is 41.0 Å². The fourth-order valence-electron chi connectivity index (χ4n) is 1.34. The van der Waals surface area contributed by atoms with Crippen LogP contribution in [0.5, 0.6) is 0 Å². The van der Waals surface area contributed by atoms with Crippen molar-refractivity contribution in [2.45, 2.75) is 33.2 Å². The van der Waals surface area contributed by atoms with Crippen LogP contribution in [0.1, 0.15) is 25.4 Å². The minimum atomic E-state index is 0.486. The lowest BCUT2D eigenvalue weighted by Gasteiger charge is -2.20. The predicted molar refractivity (Wildman–Crippen MR) is 67.8 cm³/mol. The molecule has 0 aliphatic carbocycles. The molecular formula is C12H22N4. The molecule has 16 heavy (non-hydrogen) atoms. The number of aromatic nitrogens is 2. The van der Waals surface area contributed by atoms with Crippen molar-refractivity contribution < 1.29 is 0 Å². The highest BCUT2D eigenvalue weighted by atomic mass is 15.1. The zero-order chi connectivity index (χ0) is 12.1. The summed E-state index contributed by atoms with van der Waals surface area (Å²) in [5.74, 6) is 1.76. The Kier molecular flexibility index (Phi) is 4.68. The molecular weight excluding hydrogens is 200 g/mol. The van der Waals surface area contributed by atoms with Crippen molar-refractivity contribution in [3.8, 4) is 0 Å². The van der Waals surface area contributed by atoms with Crippen LogP contribution in [0.3, 0.4) is 0 Å². The van der Waals surface area contributed by atoms with Crippen molar-refractivity contribution in [1.82, 2.24) is 14.9 Å². The Bertz CT molecular complexity index is 336. The van der Waals surface area contributed by atoms with Gasteiger partial charge in [-0.2, -0.15) is 0 Å². The van der Waals surface area contributed by atoms with Crippen LogP contribution < -0.4 is 5.32 Å². The highest BCUT2D eigenvalue weighted by Gasteiger charge is 2.05. The summed E-state index contributed by atoms with van der Waals surface area (Å²) in [6.07, 6.45) is 0.946. The van der Waals surface area contributed by atoms with E-state index in [0.717, 1.165) is 30.3 Å². The number of likely N-dealkylation sites (N-methyl/N-ethyl adjacent to an activating group) is 1. The van der Waals surface area contributed by atoms with Crippen molar-refractivity contribution in [2.75, 3.05) is 26.0 Å². The smallest absolute Gasteiger partial charge is 0.129 e. The van der Waals surface area contributed by atoms with Gasteiger partial charge in [0.1, 0.15) is 11.6 Å². The van der Waals surface area contributed by atoms with Crippen LogP contribution in [0.25, 0.3) is 0 Å². The van der Waals surface area contributed by atoms with Gasteiger partial charge in [-0.1, -0.05) is 6.92 Å². The third-order valence-corrected chi connectivity index (χ3v) is 2.71. The molecule has 0 bridgehead atoms. The quantitative estimate of drug-likeness (QED) is 0.823. The molecule has 0 saturated carbocycles. The van der Waals surface area contributed by atoms with Crippen molar-refractivity contribution in [2.24, 2.45) is 0 Å². The number of rotatable bonds is 5. The summed E-state index contributed by atoms with van der Waals surface area (Å²) in [5, 5.41) is 3.35. The van der Waals surface area contributed by atoms with Crippen molar-refractivity contribution in [3.05, 3.63) is 17.6 Å². The van der Waals surface area contributed by atoms with Gasteiger partial charge in [0.15, 0.2) is 0 Å². The number of hydrogen-bond donors (Lipinski definition) is 1. The van der Waals surface area contributed by atoms with Gasteiger partial charge < -0.3 is 10.2 Å². The van der Waals surface area contributed by atoms with Crippen molar-refractivity contribution in [1.29, 1.82) is 0 Å². The molecule has 4 nitrogen and oxygen atoms in total. The summed E-state index contributed by atoms with van der Waals surface area (Å²) >= 11 is 0. The van der Waals surface area contributed by atoms with Crippen LogP contribution in [0.15, 0.2) is 6.07 Å². The van der Waals surface area contributed by atoms with E-state index >= 15 is 0 Å². The Balaban J connectivity index is 2.63. The number of hydrogen-bond acceptors (Lipinski definition) is 4. The molecule has 0 aromatic carbocycles. The highest BCUT2D eigenvalue weighted by molar-refractivity contribution is 5.36. The third kappa shape index (κ3) is 3.77. The molecule has 4 heteroatoms. The van der Waals surface area contributed by atoms with E-state index in [9.17, 15) is 0 Å². The zero-order valence-corrected chi connectivity index (χ0v) is 10.9. The summed E-state index contributed by atoms with van der Waals surface area (Å²) in [6.45, 7) is 7.11. The molecule has 0 aliphatic heterocycles. The first-order valence-corrected chi connectivity index (χ1v) is 5.77. The van der Waals surface area contributed by atoms with Crippen LogP contribution >= 0.6 is 0 Å². The largest absolute Gasteiger partial charge is 0.368 e. The minimum absolute atomic E-state index is 0.486. The Morgan fingerprint density at radius 3 is 2.62 bits per heavy atom. The maximum Gasteiger partial charge on any atom is 0.129 e. The van der Waals surface area contributed by atoms with Gasteiger partial charge in [0.05, 0.1) is 0 Å². The predicted octanol–water partition coefficient (Wildman–Crippen LogP) is 1.71. The second-order valence-corrected chi connectivity index (χ2v) is 4.34. The molecule has 0 radical (unpaired) electrons. The Morgan fingerprint density at radius 1 is 1.38 bits per heavy atom. The molecule has 0 aliphatic rings. The molecule has 90 valence electrons. The molecule has 1 N–H and O–H groups in total. The summed E-state index contributed by atoms with van der Waals surface area (Å²) in [7, 11) is 4.16. The van der Waals surface area contributed by atoms with Gasteiger partial charge in [-0.05, 0) is 34.4 Å². The lowest BCUT2D eigenvalue weighted by molar-refractivity contribution is 0.326. The van der Waals surface area contributed by atoms with Gasteiger partial charge >= 0.3 is 0 Å². The normalized spacial score (nSPS) is 12.9. The Morgan fingerprint density at radius 2 is 2.06 bits per heavy atom. The van der Waals surface area contributed by atoms with Crippen molar-refractivity contribution >= 4 is 5.82 Å². The van der Waals surface area contributed by atoms with E-state index in [0.29, 0.717) is 6.04 Å². The average Bonchev–Trinajstić information content (AvgIpc) is 2.24.